The highest BCUT2D eigenvalue weighted by molar-refractivity contribution is 7.99. The van der Waals surface area contributed by atoms with Crippen molar-refractivity contribution < 1.29 is 9.53 Å². The van der Waals surface area contributed by atoms with E-state index < -0.39 is 0 Å². The number of aromatic nitrogens is 5. The predicted molar refractivity (Wildman–Crippen MR) is 134 cm³/mol. The van der Waals surface area contributed by atoms with Crippen molar-refractivity contribution in [2.24, 2.45) is 5.92 Å². The van der Waals surface area contributed by atoms with Crippen LogP contribution in [0.1, 0.15) is 39.2 Å². The highest BCUT2D eigenvalue weighted by atomic mass is 32.2. The Kier molecular flexibility index (Phi) is 8.26. The van der Waals surface area contributed by atoms with Crippen molar-refractivity contribution in [3.63, 3.8) is 0 Å². The number of carbonyl (C=O) groups is 1. The van der Waals surface area contributed by atoms with E-state index in [9.17, 15) is 4.79 Å². The van der Waals surface area contributed by atoms with E-state index in [0.29, 0.717) is 30.7 Å². The molecule has 0 saturated carbocycles. The zero-order valence-corrected chi connectivity index (χ0v) is 21.1. The molecule has 0 radical (unpaired) electrons. The van der Waals surface area contributed by atoms with E-state index in [0.717, 1.165) is 55.4 Å². The number of thioether (sulfide) groups is 1. The number of nitrogens with zero attached hydrogens (tertiary/aromatic N) is 6. The standard InChI is InChI=1S/C25H34N6O2S/c1-4-30-17-21(24(28-30)33-6-3)23-26-27-25(31(23)5-2)34-18-22(32)29-14-12-20(13-15-29)16-19-10-8-7-9-11-19/h7-11,17,20H,4-6,12-16,18H2,1-3H3. The summed E-state index contributed by atoms with van der Waals surface area (Å²) < 4.78 is 9.60. The fourth-order valence-corrected chi connectivity index (χ4v) is 5.30. The second-order valence-electron chi connectivity index (χ2n) is 8.49. The minimum Gasteiger partial charge on any atom is -0.476 e. The van der Waals surface area contributed by atoms with Gasteiger partial charge in [-0.15, -0.1) is 15.3 Å². The van der Waals surface area contributed by atoms with Crippen molar-refractivity contribution >= 4 is 17.7 Å². The van der Waals surface area contributed by atoms with Crippen molar-refractivity contribution in [1.82, 2.24) is 29.4 Å². The summed E-state index contributed by atoms with van der Waals surface area (Å²) in [5.41, 5.74) is 2.21. The molecule has 1 aliphatic rings. The third kappa shape index (κ3) is 5.63. The van der Waals surface area contributed by atoms with Gasteiger partial charge in [0.15, 0.2) is 11.0 Å². The topological polar surface area (TPSA) is 78.1 Å². The zero-order chi connectivity index (χ0) is 23.9. The molecule has 1 aromatic carbocycles. The number of likely N-dealkylation sites (tertiary alicyclic amines) is 1. The van der Waals surface area contributed by atoms with Crippen molar-refractivity contribution in [2.45, 2.75) is 58.3 Å². The van der Waals surface area contributed by atoms with E-state index in [1.807, 2.05) is 34.2 Å². The Morgan fingerprint density at radius 3 is 2.53 bits per heavy atom. The number of benzene rings is 1. The molecule has 0 N–H and O–H groups in total. The lowest BCUT2D eigenvalue weighted by molar-refractivity contribution is -0.129. The van der Waals surface area contributed by atoms with E-state index in [1.54, 1.807) is 0 Å². The van der Waals surface area contributed by atoms with Crippen molar-refractivity contribution in [2.75, 3.05) is 25.4 Å². The highest BCUT2D eigenvalue weighted by Crippen LogP contribution is 2.31. The summed E-state index contributed by atoms with van der Waals surface area (Å²) >= 11 is 1.45. The summed E-state index contributed by atoms with van der Waals surface area (Å²) in [5, 5.41) is 14.0. The maximum Gasteiger partial charge on any atom is 0.243 e. The molecule has 1 amide bonds. The summed E-state index contributed by atoms with van der Waals surface area (Å²) in [6.07, 6.45) is 5.16. The van der Waals surface area contributed by atoms with Gasteiger partial charge in [0.1, 0.15) is 5.56 Å². The lowest BCUT2D eigenvalue weighted by Crippen LogP contribution is -2.39. The van der Waals surface area contributed by atoms with Crippen LogP contribution in [0, 0.1) is 5.92 Å². The van der Waals surface area contributed by atoms with Gasteiger partial charge in [-0.05, 0) is 51.5 Å². The molecule has 8 nitrogen and oxygen atoms in total. The normalized spacial score (nSPS) is 14.5. The molecule has 4 rings (SSSR count). The van der Waals surface area contributed by atoms with Crippen molar-refractivity contribution in [3.8, 4) is 17.3 Å². The maximum atomic E-state index is 12.9. The van der Waals surface area contributed by atoms with Gasteiger partial charge < -0.3 is 14.2 Å². The quantitative estimate of drug-likeness (QED) is 0.404. The Morgan fingerprint density at radius 2 is 1.85 bits per heavy atom. The average Bonchev–Trinajstić information content (AvgIpc) is 3.47. The third-order valence-corrected chi connectivity index (χ3v) is 7.22. The number of aryl methyl sites for hydroxylation is 1. The van der Waals surface area contributed by atoms with Gasteiger partial charge in [0.25, 0.3) is 0 Å². The Labute approximate surface area is 205 Å². The molecule has 3 heterocycles. The fourth-order valence-electron chi connectivity index (χ4n) is 4.39. The first-order valence-electron chi connectivity index (χ1n) is 12.2. The minimum atomic E-state index is 0.171. The first kappa shape index (κ1) is 24.3. The average molecular weight is 483 g/mol. The maximum absolute atomic E-state index is 12.9. The Morgan fingerprint density at radius 1 is 1.09 bits per heavy atom. The molecule has 1 fully saturated rings. The predicted octanol–water partition coefficient (Wildman–Crippen LogP) is 4.15. The van der Waals surface area contributed by atoms with Crippen LogP contribution >= 0.6 is 11.8 Å². The first-order valence-corrected chi connectivity index (χ1v) is 13.2. The van der Waals surface area contributed by atoms with Gasteiger partial charge in [0.05, 0.1) is 12.4 Å². The number of amides is 1. The summed E-state index contributed by atoms with van der Waals surface area (Å²) in [4.78, 5) is 14.9. The summed E-state index contributed by atoms with van der Waals surface area (Å²) in [6.45, 7) is 9.68. The second-order valence-corrected chi connectivity index (χ2v) is 9.43. The number of carbonyl (C=O) groups excluding carboxylic acids is 1. The zero-order valence-electron chi connectivity index (χ0n) is 20.3. The monoisotopic (exact) mass is 482 g/mol. The number of hydrogen-bond donors (Lipinski definition) is 0. The third-order valence-electron chi connectivity index (χ3n) is 6.27. The molecule has 0 spiro atoms. The largest absolute Gasteiger partial charge is 0.476 e. The number of piperidine rings is 1. The first-order chi connectivity index (χ1) is 16.6. The van der Waals surface area contributed by atoms with Crippen LogP contribution in [-0.4, -0.2) is 60.8 Å². The molecular weight excluding hydrogens is 448 g/mol. The van der Waals surface area contributed by atoms with Crippen LogP contribution in [0.15, 0.2) is 41.7 Å². The van der Waals surface area contributed by atoms with Crippen LogP contribution in [0.3, 0.4) is 0 Å². The van der Waals surface area contributed by atoms with Gasteiger partial charge in [0.2, 0.25) is 11.8 Å². The van der Waals surface area contributed by atoms with Gasteiger partial charge in [-0.1, -0.05) is 42.1 Å². The van der Waals surface area contributed by atoms with Crippen molar-refractivity contribution in [3.05, 3.63) is 42.1 Å². The van der Waals surface area contributed by atoms with E-state index >= 15 is 0 Å². The molecule has 0 bridgehead atoms. The van der Waals surface area contributed by atoms with Crippen LogP contribution in [0.2, 0.25) is 0 Å². The minimum absolute atomic E-state index is 0.171. The number of hydrogen-bond acceptors (Lipinski definition) is 6. The summed E-state index contributed by atoms with van der Waals surface area (Å²) in [6, 6.07) is 10.6. The molecule has 2 aromatic heterocycles. The lowest BCUT2D eigenvalue weighted by atomic mass is 9.90. The van der Waals surface area contributed by atoms with E-state index in [1.165, 1.54) is 17.3 Å². The highest BCUT2D eigenvalue weighted by Gasteiger charge is 2.25. The van der Waals surface area contributed by atoms with Crippen LogP contribution < -0.4 is 4.74 Å². The van der Waals surface area contributed by atoms with Crippen LogP contribution in [-0.2, 0) is 24.3 Å². The van der Waals surface area contributed by atoms with E-state index in [2.05, 4.69) is 52.6 Å². The Balaban J connectivity index is 1.35. The molecule has 9 heteroatoms. The molecule has 0 unspecified atom stereocenters. The van der Waals surface area contributed by atoms with E-state index in [-0.39, 0.29) is 5.91 Å². The molecule has 3 aromatic rings. The van der Waals surface area contributed by atoms with Crippen LogP contribution in [0.5, 0.6) is 5.88 Å². The molecular formula is C25H34N6O2S. The Bertz CT molecular complexity index is 1070. The van der Waals surface area contributed by atoms with Crippen LogP contribution in [0.4, 0.5) is 0 Å². The fraction of sp³-hybridized carbons (Fsp3) is 0.520. The molecule has 1 aliphatic heterocycles. The van der Waals surface area contributed by atoms with Gasteiger partial charge in [-0.25, -0.2) is 0 Å². The van der Waals surface area contributed by atoms with Crippen molar-refractivity contribution in [1.29, 1.82) is 0 Å². The SMILES string of the molecule is CCOc1nn(CC)cc1-c1nnc(SCC(=O)N2CCC(Cc3ccccc3)CC2)n1CC. The van der Waals surface area contributed by atoms with E-state index in [4.69, 9.17) is 4.74 Å². The molecule has 1 saturated heterocycles. The summed E-state index contributed by atoms with van der Waals surface area (Å²) in [5.74, 6) is 2.48. The Hall–Kier alpha value is -2.81. The lowest BCUT2D eigenvalue weighted by Gasteiger charge is -2.32. The smallest absolute Gasteiger partial charge is 0.243 e. The van der Waals surface area contributed by atoms with Gasteiger partial charge >= 0.3 is 0 Å². The van der Waals surface area contributed by atoms with Gasteiger partial charge in [-0.3, -0.25) is 9.48 Å². The second kappa shape index (κ2) is 11.6. The van der Waals surface area contributed by atoms with Gasteiger partial charge in [0, 0.05) is 32.4 Å². The molecule has 182 valence electrons. The number of rotatable bonds is 10. The van der Waals surface area contributed by atoms with Gasteiger partial charge in [-0.2, -0.15) is 0 Å². The molecule has 0 atom stereocenters. The van der Waals surface area contributed by atoms with Crippen LogP contribution in [0.25, 0.3) is 11.4 Å². The number of ether oxygens (including phenoxy) is 1. The molecule has 34 heavy (non-hydrogen) atoms. The molecule has 0 aliphatic carbocycles. The summed E-state index contributed by atoms with van der Waals surface area (Å²) in [7, 11) is 0.